The van der Waals surface area contributed by atoms with Crippen molar-refractivity contribution in [2.24, 2.45) is 0 Å². The molecule has 8 heteroatoms. The Balaban J connectivity index is 1.64. The highest BCUT2D eigenvalue weighted by Gasteiger charge is 2.23. The molecular weight excluding hydrogens is 390 g/mol. The second-order valence-electron chi connectivity index (χ2n) is 6.95. The van der Waals surface area contributed by atoms with Gasteiger partial charge in [-0.2, -0.15) is 0 Å². The molecule has 0 aromatic heterocycles. The van der Waals surface area contributed by atoms with E-state index in [4.69, 9.17) is 4.74 Å². The van der Waals surface area contributed by atoms with Crippen molar-refractivity contribution in [2.75, 3.05) is 50.7 Å². The fraction of sp³-hybridized carbons (Fsp3) is 0.381. The van der Waals surface area contributed by atoms with Crippen LogP contribution in [-0.2, 0) is 14.8 Å². The largest absolute Gasteiger partial charge is 0.484 e. The van der Waals surface area contributed by atoms with E-state index in [2.05, 4.69) is 4.90 Å². The van der Waals surface area contributed by atoms with Gasteiger partial charge < -0.3 is 14.5 Å². The number of piperazine rings is 1. The van der Waals surface area contributed by atoms with Gasteiger partial charge in [0.2, 0.25) is 0 Å². The molecule has 3 rings (SSSR count). The molecule has 29 heavy (non-hydrogen) atoms. The monoisotopic (exact) mass is 417 g/mol. The van der Waals surface area contributed by atoms with Gasteiger partial charge in [-0.25, -0.2) is 8.42 Å². The molecule has 0 unspecified atom stereocenters. The number of amides is 1. The number of nitrogens with zero attached hydrogens (tertiary/aromatic N) is 3. The summed E-state index contributed by atoms with van der Waals surface area (Å²) in [6, 6.07) is 15.1. The summed E-state index contributed by atoms with van der Waals surface area (Å²) in [5, 5.41) is 0. The van der Waals surface area contributed by atoms with Crippen LogP contribution in [0.2, 0.25) is 0 Å². The van der Waals surface area contributed by atoms with Gasteiger partial charge in [0.25, 0.3) is 15.9 Å². The maximum absolute atomic E-state index is 12.9. The zero-order valence-electron chi connectivity index (χ0n) is 16.8. The van der Waals surface area contributed by atoms with E-state index >= 15 is 0 Å². The summed E-state index contributed by atoms with van der Waals surface area (Å²) in [4.78, 5) is 16.5. The first-order chi connectivity index (χ1) is 13.9. The molecule has 0 radical (unpaired) electrons. The van der Waals surface area contributed by atoms with Crippen LogP contribution in [0.5, 0.6) is 5.75 Å². The molecule has 0 aliphatic carbocycles. The number of rotatable bonds is 7. The summed E-state index contributed by atoms with van der Waals surface area (Å²) >= 11 is 0. The second kappa shape index (κ2) is 9.28. The van der Waals surface area contributed by atoms with Crippen molar-refractivity contribution in [1.82, 2.24) is 9.80 Å². The van der Waals surface area contributed by atoms with E-state index < -0.39 is 10.0 Å². The predicted molar refractivity (Wildman–Crippen MR) is 113 cm³/mol. The molecule has 1 saturated heterocycles. The van der Waals surface area contributed by atoms with Crippen molar-refractivity contribution < 1.29 is 17.9 Å². The van der Waals surface area contributed by atoms with E-state index in [0.717, 1.165) is 13.1 Å². The van der Waals surface area contributed by atoms with Crippen molar-refractivity contribution in [3.8, 4) is 5.75 Å². The van der Waals surface area contributed by atoms with Crippen LogP contribution in [-0.4, -0.2) is 70.5 Å². The third-order valence-electron chi connectivity index (χ3n) is 4.96. The smallest absolute Gasteiger partial charge is 0.264 e. The molecule has 1 amide bonds. The minimum atomic E-state index is -3.63. The Morgan fingerprint density at radius 2 is 1.62 bits per heavy atom. The standard InChI is InChI=1S/C21H27N3O4S/c1-3-24(29(26,27)20-7-5-4-6-8-20)18-9-11-19(12-10-18)28-17-21(25)23-15-13-22(2)14-16-23/h4-12H,3,13-17H2,1-2H3. The molecule has 0 saturated carbocycles. The Hall–Kier alpha value is -2.58. The normalized spacial score (nSPS) is 15.2. The molecule has 2 aromatic rings. The number of carbonyl (C=O) groups excluding carboxylic acids is 1. The van der Waals surface area contributed by atoms with Crippen molar-refractivity contribution in [3.05, 3.63) is 54.6 Å². The lowest BCUT2D eigenvalue weighted by molar-refractivity contribution is -0.134. The van der Waals surface area contributed by atoms with E-state index in [-0.39, 0.29) is 17.4 Å². The van der Waals surface area contributed by atoms with Gasteiger partial charge in [0.15, 0.2) is 6.61 Å². The van der Waals surface area contributed by atoms with Crippen LogP contribution in [0.1, 0.15) is 6.92 Å². The highest BCUT2D eigenvalue weighted by Crippen LogP contribution is 2.25. The van der Waals surface area contributed by atoms with Gasteiger partial charge in [0.1, 0.15) is 5.75 Å². The lowest BCUT2D eigenvalue weighted by Crippen LogP contribution is -2.48. The van der Waals surface area contributed by atoms with Gasteiger partial charge >= 0.3 is 0 Å². The molecule has 1 fully saturated rings. The molecular formula is C21H27N3O4S. The number of sulfonamides is 1. The third-order valence-corrected chi connectivity index (χ3v) is 6.88. The van der Waals surface area contributed by atoms with Crippen LogP contribution in [0.3, 0.4) is 0 Å². The van der Waals surface area contributed by atoms with Crippen LogP contribution in [0.15, 0.2) is 59.5 Å². The summed E-state index contributed by atoms with van der Waals surface area (Å²) in [6.45, 7) is 5.22. The number of hydrogen-bond donors (Lipinski definition) is 0. The van der Waals surface area contributed by atoms with Gasteiger partial charge in [-0.1, -0.05) is 18.2 Å². The first-order valence-electron chi connectivity index (χ1n) is 9.69. The molecule has 1 aliphatic rings. The first-order valence-corrected chi connectivity index (χ1v) is 11.1. The van der Waals surface area contributed by atoms with Crippen molar-refractivity contribution >= 4 is 21.6 Å². The predicted octanol–water partition coefficient (Wildman–Crippen LogP) is 2.05. The lowest BCUT2D eigenvalue weighted by atomic mass is 10.3. The Bertz CT molecular complexity index is 909. The first kappa shape index (κ1) is 21.1. The minimum absolute atomic E-state index is 0.0249. The van der Waals surface area contributed by atoms with Crippen molar-refractivity contribution in [3.63, 3.8) is 0 Å². The number of ether oxygens (including phenoxy) is 1. The van der Waals surface area contributed by atoms with Crippen LogP contribution < -0.4 is 9.04 Å². The highest BCUT2D eigenvalue weighted by atomic mass is 32.2. The quantitative estimate of drug-likeness (QED) is 0.690. The summed E-state index contributed by atoms with van der Waals surface area (Å²) < 4.78 is 32.8. The molecule has 1 heterocycles. The second-order valence-corrected chi connectivity index (χ2v) is 8.81. The molecule has 0 spiro atoms. The highest BCUT2D eigenvalue weighted by molar-refractivity contribution is 7.92. The van der Waals surface area contributed by atoms with Gasteiger partial charge in [0, 0.05) is 32.7 Å². The number of benzene rings is 2. The lowest BCUT2D eigenvalue weighted by Gasteiger charge is -2.32. The van der Waals surface area contributed by atoms with Gasteiger partial charge in [-0.05, 0) is 50.4 Å². The Morgan fingerprint density at radius 3 is 2.21 bits per heavy atom. The molecule has 0 bridgehead atoms. The number of anilines is 1. The van der Waals surface area contributed by atoms with E-state index in [1.165, 1.54) is 4.31 Å². The number of carbonyl (C=O) groups is 1. The SMILES string of the molecule is CCN(c1ccc(OCC(=O)N2CCN(C)CC2)cc1)S(=O)(=O)c1ccccc1. The topological polar surface area (TPSA) is 70.2 Å². The Labute approximate surface area is 172 Å². The molecule has 0 atom stereocenters. The molecule has 1 aliphatic heterocycles. The molecule has 2 aromatic carbocycles. The van der Waals surface area contributed by atoms with Gasteiger partial charge in [0.05, 0.1) is 10.6 Å². The zero-order chi connectivity index (χ0) is 20.9. The number of likely N-dealkylation sites (N-methyl/N-ethyl adjacent to an activating group) is 1. The maximum atomic E-state index is 12.9. The molecule has 7 nitrogen and oxygen atoms in total. The van der Waals surface area contributed by atoms with E-state index in [9.17, 15) is 13.2 Å². The Morgan fingerprint density at radius 1 is 1.00 bits per heavy atom. The molecule has 156 valence electrons. The van der Waals surface area contributed by atoms with Crippen molar-refractivity contribution in [2.45, 2.75) is 11.8 Å². The summed E-state index contributed by atoms with van der Waals surface area (Å²) in [5.41, 5.74) is 0.550. The van der Waals surface area contributed by atoms with Gasteiger partial charge in [-0.15, -0.1) is 0 Å². The van der Waals surface area contributed by atoms with Crippen LogP contribution in [0.4, 0.5) is 5.69 Å². The summed E-state index contributed by atoms with van der Waals surface area (Å²) in [7, 11) is -1.59. The Kier molecular flexibility index (Phi) is 6.76. The fourth-order valence-electron chi connectivity index (χ4n) is 3.21. The fourth-order valence-corrected chi connectivity index (χ4v) is 4.71. The minimum Gasteiger partial charge on any atom is -0.484 e. The number of hydrogen-bond acceptors (Lipinski definition) is 5. The van der Waals surface area contributed by atoms with E-state index in [1.54, 1.807) is 66.4 Å². The average Bonchev–Trinajstić information content (AvgIpc) is 2.74. The summed E-state index contributed by atoms with van der Waals surface area (Å²) in [6.07, 6.45) is 0. The van der Waals surface area contributed by atoms with E-state index in [0.29, 0.717) is 31.1 Å². The maximum Gasteiger partial charge on any atom is 0.264 e. The summed E-state index contributed by atoms with van der Waals surface area (Å²) in [5.74, 6) is 0.494. The average molecular weight is 418 g/mol. The van der Waals surface area contributed by atoms with Crippen LogP contribution in [0.25, 0.3) is 0 Å². The van der Waals surface area contributed by atoms with Gasteiger partial charge in [-0.3, -0.25) is 9.10 Å². The van der Waals surface area contributed by atoms with E-state index in [1.807, 2.05) is 7.05 Å². The third kappa shape index (κ3) is 5.07. The van der Waals surface area contributed by atoms with Crippen LogP contribution >= 0.6 is 0 Å². The molecule has 0 N–H and O–H groups in total. The van der Waals surface area contributed by atoms with Crippen LogP contribution in [0, 0.1) is 0 Å². The zero-order valence-corrected chi connectivity index (χ0v) is 17.6. The van der Waals surface area contributed by atoms with Crippen molar-refractivity contribution in [1.29, 1.82) is 0 Å².